The monoisotopic (exact) mass is 593 g/mol. The van der Waals surface area contributed by atoms with E-state index in [9.17, 15) is 0 Å². The first-order valence-corrected chi connectivity index (χ1v) is 15.8. The smallest absolute Gasteiger partial charge is 0.231 e. The number of thiophene rings is 1. The molecule has 0 atom stereocenters. The van der Waals surface area contributed by atoms with E-state index in [1.807, 2.05) is 59.9 Å². The van der Waals surface area contributed by atoms with Gasteiger partial charge in [0.25, 0.3) is 0 Å². The third-order valence-electron chi connectivity index (χ3n) is 8.82. The Balaban J connectivity index is 1.26. The van der Waals surface area contributed by atoms with Crippen LogP contribution in [-0.2, 0) is 0 Å². The van der Waals surface area contributed by atoms with E-state index in [2.05, 4.69) is 95.6 Å². The summed E-state index contributed by atoms with van der Waals surface area (Å²) in [5.41, 5.74) is 7.67. The number of fused-ring (bicyclic) bond motifs is 9. The van der Waals surface area contributed by atoms with Gasteiger partial charge in [-0.1, -0.05) is 97.1 Å². The summed E-state index contributed by atoms with van der Waals surface area (Å²) in [5, 5.41) is 7.06. The van der Waals surface area contributed by atoms with Crippen LogP contribution in [0.2, 0.25) is 0 Å². The first kappa shape index (κ1) is 24.6. The summed E-state index contributed by atoms with van der Waals surface area (Å²) < 4.78 is 11.3. The van der Waals surface area contributed by atoms with Gasteiger partial charge in [0.1, 0.15) is 5.58 Å². The van der Waals surface area contributed by atoms with Gasteiger partial charge in [0.05, 0.1) is 22.1 Å². The molecule has 0 radical (unpaired) electrons. The highest BCUT2D eigenvalue weighted by Crippen LogP contribution is 2.42. The maximum absolute atomic E-state index is 6.31. The Bertz CT molecular complexity index is 2770. The maximum atomic E-state index is 6.31. The summed E-state index contributed by atoms with van der Waals surface area (Å²) in [6, 6.07) is 49.1. The highest BCUT2D eigenvalue weighted by Gasteiger charge is 2.20. The number of rotatable bonds is 3. The molecule has 0 aliphatic heterocycles. The summed E-state index contributed by atoms with van der Waals surface area (Å²) >= 11 is 1.85. The summed E-state index contributed by atoms with van der Waals surface area (Å²) in [6.45, 7) is 0. The third kappa shape index (κ3) is 3.65. The van der Waals surface area contributed by atoms with Crippen LogP contribution < -0.4 is 0 Å². The fourth-order valence-corrected chi connectivity index (χ4v) is 7.93. The Kier molecular flexibility index (Phi) is 5.12. The van der Waals surface area contributed by atoms with Crippen molar-refractivity contribution >= 4 is 75.4 Å². The Labute approximate surface area is 261 Å². The van der Waals surface area contributed by atoms with E-state index < -0.39 is 0 Å². The van der Waals surface area contributed by atoms with Crippen LogP contribution in [0.1, 0.15) is 0 Å². The minimum absolute atomic E-state index is 0.592. The first-order chi connectivity index (χ1) is 22.3. The molecule has 0 saturated carbocycles. The molecule has 210 valence electrons. The van der Waals surface area contributed by atoms with Gasteiger partial charge in [0.15, 0.2) is 5.82 Å². The lowest BCUT2D eigenvalue weighted by atomic mass is 10.0. The minimum Gasteiger partial charge on any atom is -0.438 e. The molecule has 0 aliphatic rings. The van der Waals surface area contributed by atoms with Crippen LogP contribution in [0.25, 0.3) is 92.4 Å². The third-order valence-corrected chi connectivity index (χ3v) is 9.95. The van der Waals surface area contributed by atoms with Crippen molar-refractivity contribution in [2.45, 2.75) is 0 Å². The van der Waals surface area contributed by atoms with E-state index in [4.69, 9.17) is 14.4 Å². The highest BCUT2D eigenvalue weighted by atomic mass is 32.1. The van der Waals surface area contributed by atoms with Gasteiger partial charge in [-0.25, -0.2) is 4.98 Å². The molecule has 0 aliphatic carbocycles. The van der Waals surface area contributed by atoms with Crippen LogP contribution in [0.4, 0.5) is 0 Å². The average Bonchev–Trinajstić information content (AvgIpc) is 3.76. The van der Waals surface area contributed by atoms with Crippen molar-refractivity contribution < 1.29 is 4.42 Å². The Morgan fingerprint density at radius 3 is 2.18 bits per heavy atom. The number of hydrogen-bond acceptors (Lipinski definition) is 4. The Morgan fingerprint density at radius 2 is 1.27 bits per heavy atom. The van der Waals surface area contributed by atoms with E-state index in [-0.39, 0.29) is 0 Å². The van der Waals surface area contributed by atoms with E-state index in [1.54, 1.807) is 0 Å². The van der Waals surface area contributed by atoms with Crippen LogP contribution in [0.3, 0.4) is 0 Å². The molecule has 4 heterocycles. The van der Waals surface area contributed by atoms with Crippen LogP contribution in [-0.4, -0.2) is 14.5 Å². The molecule has 0 saturated heterocycles. The fraction of sp³-hybridized carbons (Fsp3) is 0. The van der Waals surface area contributed by atoms with Gasteiger partial charge in [-0.15, -0.1) is 11.3 Å². The molecule has 6 aromatic carbocycles. The van der Waals surface area contributed by atoms with Crippen molar-refractivity contribution in [1.82, 2.24) is 14.5 Å². The van der Waals surface area contributed by atoms with Crippen molar-refractivity contribution in [3.8, 4) is 28.3 Å². The van der Waals surface area contributed by atoms with Crippen molar-refractivity contribution in [3.05, 3.63) is 140 Å². The van der Waals surface area contributed by atoms with Gasteiger partial charge in [-0.2, -0.15) is 4.98 Å². The molecule has 0 spiro atoms. The molecule has 0 N–H and O–H groups in total. The molecular formula is C40H23N3OS. The standard InChI is InChI=1S/C40H23N3OS/c1-2-11-24(12-3-1)39-41-38(37-29-17-5-8-19-34(29)44-40(37)42-39)25-13-10-14-26(21-25)43-32-18-7-4-15-27(32)30-22-31-28-16-6-9-20-35(28)45-36(31)23-33(30)43/h1-23H. The normalized spacial score (nSPS) is 12.0. The second-order valence-corrected chi connectivity index (χ2v) is 12.5. The zero-order valence-electron chi connectivity index (χ0n) is 23.9. The summed E-state index contributed by atoms with van der Waals surface area (Å²) in [4.78, 5) is 10.1. The fourth-order valence-electron chi connectivity index (χ4n) is 6.81. The second kappa shape index (κ2) is 9.36. The van der Waals surface area contributed by atoms with Gasteiger partial charge in [-0.3, -0.25) is 0 Å². The number of para-hydroxylation sites is 2. The van der Waals surface area contributed by atoms with Crippen molar-refractivity contribution in [2.75, 3.05) is 0 Å². The molecule has 45 heavy (non-hydrogen) atoms. The Hall–Kier alpha value is -5.78. The van der Waals surface area contributed by atoms with Crippen molar-refractivity contribution in [2.24, 2.45) is 0 Å². The summed E-state index contributed by atoms with van der Waals surface area (Å²) in [7, 11) is 0. The molecular weight excluding hydrogens is 571 g/mol. The zero-order valence-corrected chi connectivity index (χ0v) is 24.8. The van der Waals surface area contributed by atoms with Crippen LogP contribution in [0.15, 0.2) is 144 Å². The molecule has 0 unspecified atom stereocenters. The molecule has 0 amide bonds. The quantitative estimate of drug-likeness (QED) is 0.205. The van der Waals surface area contributed by atoms with E-state index in [0.717, 1.165) is 38.9 Å². The lowest BCUT2D eigenvalue weighted by Gasteiger charge is -2.11. The summed E-state index contributed by atoms with van der Waals surface area (Å²) in [6.07, 6.45) is 0. The van der Waals surface area contributed by atoms with Gasteiger partial charge < -0.3 is 8.98 Å². The van der Waals surface area contributed by atoms with Crippen LogP contribution >= 0.6 is 11.3 Å². The number of nitrogens with zero attached hydrogens (tertiary/aromatic N) is 3. The molecule has 10 aromatic rings. The van der Waals surface area contributed by atoms with Gasteiger partial charge in [0.2, 0.25) is 5.71 Å². The predicted molar refractivity (Wildman–Crippen MR) is 187 cm³/mol. The van der Waals surface area contributed by atoms with Crippen molar-refractivity contribution in [1.29, 1.82) is 0 Å². The Morgan fingerprint density at radius 1 is 0.511 bits per heavy atom. The number of benzene rings is 6. The maximum Gasteiger partial charge on any atom is 0.231 e. The molecule has 4 aromatic heterocycles. The zero-order chi connectivity index (χ0) is 29.5. The highest BCUT2D eigenvalue weighted by molar-refractivity contribution is 7.25. The number of furan rings is 1. The van der Waals surface area contributed by atoms with E-state index in [1.165, 1.54) is 42.0 Å². The lowest BCUT2D eigenvalue weighted by molar-refractivity contribution is 0.653. The minimum atomic E-state index is 0.592. The summed E-state index contributed by atoms with van der Waals surface area (Å²) in [5.74, 6) is 0.645. The molecule has 0 fully saturated rings. The van der Waals surface area contributed by atoms with Crippen molar-refractivity contribution in [3.63, 3.8) is 0 Å². The molecule has 10 rings (SSSR count). The molecule has 5 heteroatoms. The average molecular weight is 594 g/mol. The van der Waals surface area contributed by atoms with Gasteiger partial charge in [0, 0.05) is 53.1 Å². The first-order valence-electron chi connectivity index (χ1n) is 15.0. The molecule has 0 bridgehead atoms. The molecule has 4 nitrogen and oxygen atoms in total. The van der Waals surface area contributed by atoms with Crippen LogP contribution in [0, 0.1) is 0 Å². The number of aromatic nitrogens is 3. The second-order valence-electron chi connectivity index (χ2n) is 11.4. The van der Waals surface area contributed by atoms with E-state index >= 15 is 0 Å². The number of hydrogen-bond donors (Lipinski definition) is 0. The largest absolute Gasteiger partial charge is 0.438 e. The van der Waals surface area contributed by atoms with E-state index in [0.29, 0.717) is 11.5 Å². The topological polar surface area (TPSA) is 43.9 Å². The van der Waals surface area contributed by atoms with Gasteiger partial charge >= 0.3 is 0 Å². The predicted octanol–water partition coefficient (Wildman–Crippen LogP) is 11.2. The van der Waals surface area contributed by atoms with Gasteiger partial charge in [-0.05, 0) is 42.5 Å². The lowest BCUT2D eigenvalue weighted by Crippen LogP contribution is -1.97. The SMILES string of the molecule is c1ccc(-c2nc(-c3cccc(-n4c5ccccc5c5cc6c(cc54)sc4ccccc46)c3)c3c(n2)oc2ccccc23)cc1. The van der Waals surface area contributed by atoms with Crippen LogP contribution in [0.5, 0.6) is 0 Å².